The molecule has 0 saturated carbocycles. The zero-order valence-electron chi connectivity index (χ0n) is 12.4. The van der Waals surface area contributed by atoms with E-state index >= 15 is 0 Å². The lowest BCUT2D eigenvalue weighted by Gasteiger charge is -2.28. The summed E-state index contributed by atoms with van der Waals surface area (Å²) in [5.41, 5.74) is 2.00. The third kappa shape index (κ3) is 4.32. The number of nitrogens with zero attached hydrogens (tertiary/aromatic N) is 2. The number of likely N-dealkylation sites (tertiary alicyclic amines) is 1. The lowest BCUT2D eigenvalue weighted by molar-refractivity contribution is -0.131. The molecule has 0 bridgehead atoms. The van der Waals surface area contributed by atoms with E-state index in [1.807, 2.05) is 18.2 Å². The molecule has 5 heteroatoms. The predicted molar refractivity (Wildman–Crippen MR) is 89.7 cm³/mol. The summed E-state index contributed by atoms with van der Waals surface area (Å²) in [5.74, 6) is -0.934. The van der Waals surface area contributed by atoms with Crippen LogP contribution in [0.3, 0.4) is 0 Å². The first kappa shape index (κ1) is 16.0. The smallest absolute Gasteiger partial charge is 0.328 e. The Morgan fingerprint density at radius 2 is 2.33 bits per heavy atom. The Bertz CT molecular complexity index is 545. The summed E-state index contributed by atoms with van der Waals surface area (Å²) in [5, 5.41) is 8.66. The van der Waals surface area contributed by atoms with Gasteiger partial charge >= 0.3 is 5.97 Å². The average molecular weight is 353 g/mol. The average Bonchev–Trinajstić information content (AvgIpc) is 2.82. The molecule has 0 amide bonds. The number of halogens is 1. The molecule has 1 aromatic carbocycles. The summed E-state index contributed by atoms with van der Waals surface area (Å²) in [6.45, 7) is 2.18. The van der Waals surface area contributed by atoms with Gasteiger partial charge in [-0.05, 0) is 66.1 Å². The van der Waals surface area contributed by atoms with Gasteiger partial charge in [-0.3, -0.25) is 0 Å². The highest BCUT2D eigenvalue weighted by Gasteiger charge is 2.22. The molecule has 1 atom stereocenters. The van der Waals surface area contributed by atoms with Gasteiger partial charge < -0.3 is 14.9 Å². The Morgan fingerprint density at radius 1 is 1.57 bits per heavy atom. The van der Waals surface area contributed by atoms with E-state index in [4.69, 9.17) is 5.11 Å². The van der Waals surface area contributed by atoms with Crippen molar-refractivity contribution in [1.29, 1.82) is 0 Å². The van der Waals surface area contributed by atoms with Crippen LogP contribution in [-0.2, 0) is 4.79 Å². The Morgan fingerprint density at radius 3 is 2.90 bits per heavy atom. The number of likely N-dealkylation sites (N-methyl/N-ethyl adjacent to an activating group) is 2. The first-order valence-electron chi connectivity index (χ1n) is 7.09. The first-order chi connectivity index (χ1) is 9.97. The van der Waals surface area contributed by atoms with Crippen molar-refractivity contribution in [2.75, 3.05) is 32.1 Å². The number of anilines is 1. The molecule has 1 aromatic rings. The van der Waals surface area contributed by atoms with Crippen LogP contribution in [0.2, 0.25) is 0 Å². The van der Waals surface area contributed by atoms with Crippen molar-refractivity contribution in [2.45, 2.75) is 18.9 Å². The van der Waals surface area contributed by atoms with Crippen LogP contribution in [0.4, 0.5) is 5.69 Å². The summed E-state index contributed by atoms with van der Waals surface area (Å²) in [6, 6.07) is 6.52. The molecule has 0 radical (unpaired) electrons. The second kappa shape index (κ2) is 7.09. The molecule has 1 saturated heterocycles. The minimum absolute atomic E-state index is 0.605. The molecule has 21 heavy (non-hydrogen) atoms. The normalized spacial score (nSPS) is 19.3. The van der Waals surface area contributed by atoms with Crippen molar-refractivity contribution in [3.63, 3.8) is 0 Å². The molecule has 114 valence electrons. The van der Waals surface area contributed by atoms with Gasteiger partial charge in [-0.1, -0.05) is 6.07 Å². The van der Waals surface area contributed by atoms with Crippen LogP contribution in [0.15, 0.2) is 28.7 Å². The topological polar surface area (TPSA) is 43.8 Å². The van der Waals surface area contributed by atoms with Crippen LogP contribution in [-0.4, -0.2) is 49.2 Å². The SMILES string of the molecule is CN(CC1CCCN1C)c1ccc(/C=C/C(=O)O)cc1Br. The zero-order chi connectivity index (χ0) is 15.4. The van der Waals surface area contributed by atoms with Crippen LogP contribution in [0, 0.1) is 0 Å². The molecular weight excluding hydrogens is 332 g/mol. The van der Waals surface area contributed by atoms with Gasteiger partial charge in [0.25, 0.3) is 0 Å². The molecule has 1 N–H and O–H groups in total. The van der Waals surface area contributed by atoms with E-state index in [1.165, 1.54) is 19.4 Å². The Labute approximate surface area is 134 Å². The standard InChI is InChI=1S/C16H21BrN2O2/c1-18-9-3-4-13(18)11-19(2)15-7-5-12(10-14(15)17)6-8-16(20)21/h5-8,10,13H,3-4,9,11H2,1-2H3,(H,20,21)/b8-6+. The van der Waals surface area contributed by atoms with Gasteiger partial charge in [0.2, 0.25) is 0 Å². The number of hydrogen-bond donors (Lipinski definition) is 1. The first-order valence-corrected chi connectivity index (χ1v) is 7.88. The molecule has 1 aliphatic rings. The molecule has 0 spiro atoms. The van der Waals surface area contributed by atoms with E-state index < -0.39 is 5.97 Å². The predicted octanol–water partition coefficient (Wildman–Crippen LogP) is 3.08. The lowest BCUT2D eigenvalue weighted by Crippen LogP contribution is -2.36. The minimum atomic E-state index is -0.934. The van der Waals surface area contributed by atoms with Gasteiger partial charge in [0.1, 0.15) is 0 Å². The lowest BCUT2D eigenvalue weighted by atomic mass is 10.1. The molecule has 4 nitrogen and oxygen atoms in total. The summed E-state index contributed by atoms with van der Waals surface area (Å²) in [4.78, 5) is 15.2. The fourth-order valence-corrected chi connectivity index (χ4v) is 3.43. The molecule has 1 unspecified atom stereocenters. The molecule has 0 aromatic heterocycles. The number of rotatable bonds is 5. The number of aliphatic carboxylic acids is 1. The number of carboxylic acids is 1. The molecule has 2 rings (SSSR count). The zero-order valence-corrected chi connectivity index (χ0v) is 14.0. The second-order valence-electron chi connectivity index (χ2n) is 5.54. The van der Waals surface area contributed by atoms with Crippen LogP contribution in [0.1, 0.15) is 18.4 Å². The fourth-order valence-electron chi connectivity index (χ4n) is 2.73. The maximum atomic E-state index is 10.5. The fraction of sp³-hybridized carbons (Fsp3) is 0.438. The van der Waals surface area contributed by atoms with Crippen LogP contribution >= 0.6 is 15.9 Å². The Balaban J connectivity index is 2.07. The van der Waals surface area contributed by atoms with Gasteiger partial charge in [0, 0.05) is 30.2 Å². The highest BCUT2D eigenvalue weighted by atomic mass is 79.9. The third-order valence-corrected chi connectivity index (χ3v) is 4.59. The quantitative estimate of drug-likeness (QED) is 0.827. The van der Waals surface area contributed by atoms with E-state index in [0.717, 1.165) is 28.3 Å². The minimum Gasteiger partial charge on any atom is -0.478 e. The van der Waals surface area contributed by atoms with Gasteiger partial charge in [-0.15, -0.1) is 0 Å². The molecule has 1 heterocycles. The number of carbonyl (C=O) groups is 1. The van der Waals surface area contributed by atoms with Crippen molar-refractivity contribution in [3.05, 3.63) is 34.3 Å². The van der Waals surface area contributed by atoms with E-state index in [9.17, 15) is 4.79 Å². The summed E-state index contributed by atoms with van der Waals surface area (Å²) < 4.78 is 0.984. The van der Waals surface area contributed by atoms with Crippen molar-refractivity contribution in [2.24, 2.45) is 0 Å². The van der Waals surface area contributed by atoms with Crippen molar-refractivity contribution in [3.8, 4) is 0 Å². The van der Waals surface area contributed by atoms with E-state index in [2.05, 4.69) is 39.8 Å². The summed E-state index contributed by atoms with van der Waals surface area (Å²) in [7, 11) is 4.28. The van der Waals surface area contributed by atoms with Gasteiger partial charge in [-0.2, -0.15) is 0 Å². The van der Waals surface area contributed by atoms with Crippen molar-refractivity contribution in [1.82, 2.24) is 4.90 Å². The summed E-state index contributed by atoms with van der Waals surface area (Å²) in [6.07, 6.45) is 5.27. The largest absolute Gasteiger partial charge is 0.478 e. The number of hydrogen-bond acceptors (Lipinski definition) is 3. The third-order valence-electron chi connectivity index (χ3n) is 3.96. The molecule has 1 aliphatic heterocycles. The van der Waals surface area contributed by atoms with E-state index in [0.29, 0.717) is 6.04 Å². The highest BCUT2D eigenvalue weighted by Crippen LogP contribution is 2.28. The highest BCUT2D eigenvalue weighted by molar-refractivity contribution is 9.10. The molecule has 0 aliphatic carbocycles. The van der Waals surface area contributed by atoms with Crippen molar-refractivity contribution < 1.29 is 9.90 Å². The second-order valence-corrected chi connectivity index (χ2v) is 6.39. The molecule has 1 fully saturated rings. The number of carboxylic acid groups (broad SMARTS) is 1. The van der Waals surface area contributed by atoms with E-state index in [-0.39, 0.29) is 0 Å². The van der Waals surface area contributed by atoms with E-state index in [1.54, 1.807) is 6.08 Å². The molecular formula is C16H21BrN2O2. The van der Waals surface area contributed by atoms with Crippen LogP contribution in [0.5, 0.6) is 0 Å². The number of benzene rings is 1. The van der Waals surface area contributed by atoms with Gasteiger partial charge in [0.05, 0.1) is 5.69 Å². The van der Waals surface area contributed by atoms with Gasteiger partial charge in [0.15, 0.2) is 0 Å². The maximum absolute atomic E-state index is 10.5. The Hall–Kier alpha value is -1.33. The van der Waals surface area contributed by atoms with Crippen molar-refractivity contribution >= 4 is 33.7 Å². The van der Waals surface area contributed by atoms with Crippen LogP contribution < -0.4 is 4.90 Å². The van der Waals surface area contributed by atoms with Crippen LogP contribution in [0.25, 0.3) is 6.08 Å². The monoisotopic (exact) mass is 352 g/mol. The summed E-state index contributed by atoms with van der Waals surface area (Å²) >= 11 is 3.58. The maximum Gasteiger partial charge on any atom is 0.328 e. The van der Waals surface area contributed by atoms with Gasteiger partial charge in [-0.25, -0.2) is 4.79 Å². The Kier molecular flexibility index (Phi) is 5.42.